The van der Waals surface area contributed by atoms with E-state index in [0.29, 0.717) is 18.4 Å². The summed E-state index contributed by atoms with van der Waals surface area (Å²) in [4.78, 5) is 0. The molecule has 1 atom stereocenters. The molecule has 0 aliphatic rings. The van der Waals surface area contributed by atoms with Crippen LogP contribution in [0.2, 0.25) is 0 Å². The Bertz CT molecular complexity index is 372. The van der Waals surface area contributed by atoms with Crippen molar-refractivity contribution in [2.45, 2.75) is 31.5 Å². The van der Waals surface area contributed by atoms with E-state index in [1.807, 2.05) is 0 Å². The van der Waals surface area contributed by atoms with E-state index >= 15 is 0 Å². The third kappa shape index (κ3) is 2.98. The Hall–Kier alpha value is -1.07. The maximum Gasteiger partial charge on any atom is 0.421 e. The van der Waals surface area contributed by atoms with Gasteiger partial charge in [-0.3, -0.25) is 0 Å². The molecule has 0 spiro atoms. The highest BCUT2D eigenvalue weighted by atomic mass is 19.4. The molecule has 0 aliphatic carbocycles. The number of halogens is 3. The largest absolute Gasteiger partial charge is 0.421 e. The summed E-state index contributed by atoms with van der Waals surface area (Å²) in [5.74, 6) is 0. The van der Waals surface area contributed by atoms with E-state index in [0.717, 1.165) is 6.92 Å². The minimum atomic E-state index is -4.72. The lowest BCUT2D eigenvalue weighted by Crippen LogP contribution is -2.40. The Morgan fingerprint density at radius 2 is 1.76 bits per heavy atom. The summed E-state index contributed by atoms with van der Waals surface area (Å²) in [6.45, 7) is 0.646. The quantitative estimate of drug-likeness (QED) is 0.858. The van der Waals surface area contributed by atoms with Crippen molar-refractivity contribution in [1.29, 1.82) is 0 Å². The van der Waals surface area contributed by atoms with Gasteiger partial charge in [0.25, 0.3) is 0 Å². The standard InChI is InChI=1S/C12H15F3O2/c1-11(17,12(13,14)15)10-7-3-2-5-9(10)6-4-8-16/h2-3,5,7,16-17H,4,6,8H2,1H3. The van der Waals surface area contributed by atoms with Crippen molar-refractivity contribution in [1.82, 2.24) is 0 Å². The van der Waals surface area contributed by atoms with Crippen LogP contribution in [0, 0.1) is 0 Å². The molecule has 0 radical (unpaired) electrons. The number of hydrogen-bond acceptors (Lipinski definition) is 2. The zero-order valence-corrected chi connectivity index (χ0v) is 9.46. The molecule has 0 fully saturated rings. The first-order chi connectivity index (χ1) is 7.80. The molecule has 2 N–H and O–H groups in total. The Morgan fingerprint density at radius 3 is 2.29 bits per heavy atom. The summed E-state index contributed by atoms with van der Waals surface area (Å²) in [5.41, 5.74) is -2.61. The lowest BCUT2D eigenvalue weighted by atomic mass is 9.89. The highest BCUT2D eigenvalue weighted by molar-refractivity contribution is 5.33. The zero-order valence-electron chi connectivity index (χ0n) is 9.46. The van der Waals surface area contributed by atoms with E-state index in [-0.39, 0.29) is 12.2 Å². The highest BCUT2D eigenvalue weighted by Crippen LogP contribution is 2.39. The number of hydrogen-bond donors (Lipinski definition) is 2. The molecule has 96 valence electrons. The first-order valence-corrected chi connectivity index (χ1v) is 5.29. The van der Waals surface area contributed by atoms with Crippen LogP contribution < -0.4 is 0 Å². The van der Waals surface area contributed by atoms with Gasteiger partial charge >= 0.3 is 6.18 Å². The molecule has 0 aliphatic heterocycles. The Labute approximate surface area is 97.7 Å². The Balaban J connectivity index is 3.12. The van der Waals surface area contributed by atoms with Crippen LogP contribution in [0.4, 0.5) is 13.2 Å². The Kier molecular flexibility index (Phi) is 4.16. The molecule has 5 heteroatoms. The second-order valence-electron chi connectivity index (χ2n) is 4.05. The highest BCUT2D eigenvalue weighted by Gasteiger charge is 2.51. The van der Waals surface area contributed by atoms with Crippen LogP contribution in [-0.4, -0.2) is 23.0 Å². The van der Waals surface area contributed by atoms with Crippen molar-refractivity contribution in [3.63, 3.8) is 0 Å². The maximum absolute atomic E-state index is 12.7. The summed E-state index contributed by atoms with van der Waals surface area (Å²) in [6, 6.07) is 5.87. The molecule has 0 saturated heterocycles. The number of benzene rings is 1. The second-order valence-corrected chi connectivity index (χ2v) is 4.05. The Morgan fingerprint density at radius 1 is 1.18 bits per heavy atom. The fourth-order valence-electron chi connectivity index (χ4n) is 1.64. The summed E-state index contributed by atoms with van der Waals surface area (Å²) >= 11 is 0. The number of aliphatic hydroxyl groups excluding tert-OH is 1. The van der Waals surface area contributed by atoms with Gasteiger partial charge in [0.2, 0.25) is 0 Å². The van der Waals surface area contributed by atoms with E-state index in [1.165, 1.54) is 18.2 Å². The van der Waals surface area contributed by atoms with Gasteiger partial charge in [-0.05, 0) is 30.9 Å². The lowest BCUT2D eigenvalue weighted by molar-refractivity contribution is -0.259. The van der Waals surface area contributed by atoms with Gasteiger partial charge in [-0.15, -0.1) is 0 Å². The van der Waals surface area contributed by atoms with Crippen molar-refractivity contribution in [2.24, 2.45) is 0 Å². The number of aliphatic hydroxyl groups is 2. The molecule has 1 aromatic carbocycles. The van der Waals surface area contributed by atoms with Crippen LogP contribution in [0.3, 0.4) is 0 Å². The average Bonchev–Trinajstić information content (AvgIpc) is 2.25. The first kappa shape index (κ1) is 14.0. The third-order valence-electron chi connectivity index (χ3n) is 2.70. The van der Waals surface area contributed by atoms with Gasteiger partial charge in [-0.2, -0.15) is 13.2 Å². The fourth-order valence-corrected chi connectivity index (χ4v) is 1.64. The van der Waals surface area contributed by atoms with Crippen LogP contribution in [0.5, 0.6) is 0 Å². The molecular weight excluding hydrogens is 233 g/mol. The normalized spacial score (nSPS) is 15.6. The fraction of sp³-hybridized carbons (Fsp3) is 0.500. The molecule has 1 aromatic rings. The van der Waals surface area contributed by atoms with Crippen molar-refractivity contribution >= 4 is 0 Å². The molecular formula is C12H15F3O2. The molecule has 1 unspecified atom stereocenters. The molecule has 17 heavy (non-hydrogen) atoms. The number of alkyl halides is 3. The van der Waals surface area contributed by atoms with Gasteiger partial charge in [0, 0.05) is 6.61 Å². The van der Waals surface area contributed by atoms with Gasteiger partial charge in [0.1, 0.15) is 0 Å². The topological polar surface area (TPSA) is 40.5 Å². The minimum absolute atomic E-state index is 0.0947. The molecule has 0 aromatic heterocycles. The van der Waals surface area contributed by atoms with Crippen LogP contribution in [0.25, 0.3) is 0 Å². The monoisotopic (exact) mass is 248 g/mol. The van der Waals surface area contributed by atoms with Crippen molar-refractivity contribution in [2.75, 3.05) is 6.61 Å². The molecule has 1 rings (SSSR count). The van der Waals surface area contributed by atoms with Crippen molar-refractivity contribution in [3.8, 4) is 0 Å². The van der Waals surface area contributed by atoms with E-state index in [9.17, 15) is 18.3 Å². The third-order valence-corrected chi connectivity index (χ3v) is 2.70. The van der Waals surface area contributed by atoms with Gasteiger partial charge in [-0.1, -0.05) is 24.3 Å². The smallest absolute Gasteiger partial charge is 0.396 e. The predicted octanol–water partition coefficient (Wildman–Crippen LogP) is 2.38. The summed E-state index contributed by atoms with van der Waals surface area (Å²) in [6.07, 6.45) is -4.05. The lowest BCUT2D eigenvalue weighted by Gasteiger charge is -2.28. The van der Waals surface area contributed by atoms with E-state index in [1.54, 1.807) is 6.07 Å². The average molecular weight is 248 g/mol. The van der Waals surface area contributed by atoms with E-state index < -0.39 is 11.8 Å². The van der Waals surface area contributed by atoms with Crippen LogP contribution in [0.1, 0.15) is 24.5 Å². The SMILES string of the molecule is CC(O)(c1ccccc1CCCO)C(F)(F)F. The van der Waals surface area contributed by atoms with Crippen LogP contribution in [0.15, 0.2) is 24.3 Å². The zero-order chi connectivity index (χ0) is 13.1. The predicted molar refractivity (Wildman–Crippen MR) is 57.5 cm³/mol. The molecule has 0 amide bonds. The van der Waals surface area contributed by atoms with Crippen LogP contribution in [-0.2, 0) is 12.0 Å². The maximum atomic E-state index is 12.7. The van der Waals surface area contributed by atoms with E-state index in [4.69, 9.17) is 5.11 Å². The van der Waals surface area contributed by atoms with E-state index in [2.05, 4.69) is 0 Å². The minimum Gasteiger partial charge on any atom is -0.396 e. The van der Waals surface area contributed by atoms with Gasteiger partial charge in [0.05, 0.1) is 0 Å². The van der Waals surface area contributed by atoms with Crippen molar-refractivity contribution < 1.29 is 23.4 Å². The molecule has 2 nitrogen and oxygen atoms in total. The molecule has 0 heterocycles. The van der Waals surface area contributed by atoms with Gasteiger partial charge in [0.15, 0.2) is 5.60 Å². The summed E-state index contributed by atoms with van der Waals surface area (Å²) in [5, 5.41) is 18.3. The second kappa shape index (κ2) is 5.06. The summed E-state index contributed by atoms with van der Waals surface area (Å²) in [7, 11) is 0. The number of aryl methyl sites for hydroxylation is 1. The summed E-state index contributed by atoms with van der Waals surface area (Å²) < 4.78 is 38.2. The van der Waals surface area contributed by atoms with Crippen molar-refractivity contribution in [3.05, 3.63) is 35.4 Å². The molecule has 0 saturated carbocycles. The van der Waals surface area contributed by atoms with Gasteiger partial charge in [-0.25, -0.2) is 0 Å². The van der Waals surface area contributed by atoms with Gasteiger partial charge < -0.3 is 10.2 Å². The first-order valence-electron chi connectivity index (χ1n) is 5.29. The molecule has 0 bridgehead atoms. The number of rotatable bonds is 4. The van der Waals surface area contributed by atoms with Crippen LogP contribution >= 0.6 is 0 Å².